The Morgan fingerprint density at radius 3 is 2.50 bits per heavy atom. The Labute approximate surface area is 183 Å². The van der Waals surface area contributed by atoms with Crippen molar-refractivity contribution in [1.29, 1.82) is 0 Å². The molecule has 0 spiro atoms. The van der Waals surface area contributed by atoms with Gasteiger partial charge in [0.2, 0.25) is 0 Å². The van der Waals surface area contributed by atoms with E-state index in [1.807, 2.05) is 6.92 Å². The number of halogens is 3. The summed E-state index contributed by atoms with van der Waals surface area (Å²) in [4.78, 5) is 8.30. The molecule has 0 aliphatic rings. The first-order valence-corrected chi connectivity index (χ1v) is 9.42. The van der Waals surface area contributed by atoms with Crippen LogP contribution < -0.4 is 10.6 Å². The summed E-state index contributed by atoms with van der Waals surface area (Å²) in [6.45, 7) is 5.29. The maximum absolute atomic E-state index is 12.9. The number of nitrogens with zero attached hydrogens (tertiary/aromatic N) is 3. The van der Waals surface area contributed by atoms with E-state index in [9.17, 15) is 8.78 Å². The number of imidazole rings is 1. The molecule has 1 aromatic heterocycles. The van der Waals surface area contributed by atoms with Crippen molar-refractivity contribution in [3.63, 3.8) is 0 Å². The minimum absolute atomic E-state index is 0. The van der Waals surface area contributed by atoms with Gasteiger partial charge in [0.15, 0.2) is 5.96 Å². The van der Waals surface area contributed by atoms with Gasteiger partial charge in [-0.15, -0.1) is 24.0 Å². The summed E-state index contributed by atoms with van der Waals surface area (Å²) in [5, 5.41) is 6.37. The van der Waals surface area contributed by atoms with Gasteiger partial charge in [-0.3, -0.25) is 4.57 Å². The van der Waals surface area contributed by atoms with Gasteiger partial charge in [-0.1, -0.05) is 38.1 Å². The van der Waals surface area contributed by atoms with Crippen molar-refractivity contribution >= 4 is 29.9 Å². The molecule has 5 nitrogen and oxygen atoms in total. The Kier molecular flexibility index (Phi) is 11.0. The molecule has 1 heterocycles. The van der Waals surface area contributed by atoms with Gasteiger partial charge in [-0.05, 0) is 36.8 Å². The second-order valence-corrected chi connectivity index (χ2v) is 6.65. The van der Waals surface area contributed by atoms with Gasteiger partial charge >= 0.3 is 6.55 Å². The van der Waals surface area contributed by atoms with Crippen molar-refractivity contribution in [3.8, 4) is 0 Å². The number of aryl methyl sites for hydroxylation is 1. The maximum Gasteiger partial charge on any atom is 0.319 e. The van der Waals surface area contributed by atoms with E-state index < -0.39 is 6.55 Å². The smallest absolute Gasteiger partial charge is 0.319 e. The molecule has 8 heteroatoms. The number of hydrogen-bond acceptors (Lipinski definition) is 2. The van der Waals surface area contributed by atoms with Crippen molar-refractivity contribution in [3.05, 3.63) is 53.6 Å². The summed E-state index contributed by atoms with van der Waals surface area (Å²) in [6, 6.07) is 8.73. The number of aliphatic imine (C=N–C) groups is 1. The molecule has 1 aromatic carbocycles. The Hall–Kier alpha value is -1.71. The molecule has 28 heavy (non-hydrogen) atoms. The van der Waals surface area contributed by atoms with E-state index in [4.69, 9.17) is 0 Å². The van der Waals surface area contributed by atoms with Gasteiger partial charge in [-0.2, -0.15) is 8.78 Å². The van der Waals surface area contributed by atoms with Crippen LogP contribution in [-0.4, -0.2) is 28.6 Å². The molecule has 0 amide bonds. The van der Waals surface area contributed by atoms with E-state index >= 15 is 0 Å². The highest BCUT2D eigenvalue weighted by molar-refractivity contribution is 14.0. The van der Waals surface area contributed by atoms with E-state index in [1.165, 1.54) is 23.5 Å². The second-order valence-electron chi connectivity index (χ2n) is 6.65. The number of guanidine groups is 1. The molecule has 0 fully saturated rings. The van der Waals surface area contributed by atoms with Crippen LogP contribution in [0.25, 0.3) is 0 Å². The summed E-state index contributed by atoms with van der Waals surface area (Å²) >= 11 is 0. The van der Waals surface area contributed by atoms with Gasteiger partial charge in [-0.25, -0.2) is 9.98 Å². The molecule has 0 saturated heterocycles. The summed E-state index contributed by atoms with van der Waals surface area (Å²) in [7, 11) is 0. The highest BCUT2D eigenvalue weighted by Gasteiger charge is 2.10. The normalized spacial score (nSPS) is 11.6. The highest BCUT2D eigenvalue weighted by atomic mass is 127. The standard InChI is InChI=1S/C20H29F2N5.HI/c1-4-23-20(26-14-18-24-12-13-27(18)19(21)22)25-11-5-6-16-7-9-17(10-8-16)15(2)3;/h7-10,12-13,15,19H,4-6,11,14H2,1-3H3,(H2,23,25,26);1H. The van der Waals surface area contributed by atoms with E-state index in [1.54, 1.807) is 0 Å². The van der Waals surface area contributed by atoms with Gasteiger partial charge in [0.1, 0.15) is 12.4 Å². The van der Waals surface area contributed by atoms with Crippen LogP contribution in [0.15, 0.2) is 41.7 Å². The van der Waals surface area contributed by atoms with Crippen molar-refractivity contribution in [2.45, 2.75) is 52.6 Å². The van der Waals surface area contributed by atoms with Crippen molar-refractivity contribution in [1.82, 2.24) is 20.2 Å². The van der Waals surface area contributed by atoms with Crippen LogP contribution in [0, 0.1) is 0 Å². The van der Waals surface area contributed by atoms with Gasteiger partial charge in [0, 0.05) is 25.5 Å². The lowest BCUT2D eigenvalue weighted by Gasteiger charge is -2.12. The van der Waals surface area contributed by atoms with Crippen LogP contribution >= 0.6 is 24.0 Å². The third-order valence-electron chi connectivity index (χ3n) is 4.26. The molecule has 0 radical (unpaired) electrons. The number of rotatable bonds is 9. The van der Waals surface area contributed by atoms with Gasteiger partial charge in [0.25, 0.3) is 0 Å². The van der Waals surface area contributed by atoms with Crippen molar-refractivity contribution in [2.24, 2.45) is 4.99 Å². The quantitative estimate of drug-likeness (QED) is 0.225. The topological polar surface area (TPSA) is 54.2 Å². The number of hydrogen-bond donors (Lipinski definition) is 2. The number of aromatic nitrogens is 2. The van der Waals surface area contributed by atoms with E-state index in [0.717, 1.165) is 24.0 Å². The first kappa shape index (κ1) is 24.3. The number of nitrogens with one attached hydrogen (secondary N) is 2. The molecule has 0 saturated carbocycles. The molecule has 2 aromatic rings. The lowest BCUT2D eigenvalue weighted by Crippen LogP contribution is -2.38. The Morgan fingerprint density at radius 1 is 1.18 bits per heavy atom. The molecule has 0 aliphatic heterocycles. The number of alkyl halides is 2. The average Bonchev–Trinajstić information content (AvgIpc) is 3.12. The molecule has 0 bridgehead atoms. The molecule has 156 valence electrons. The van der Waals surface area contributed by atoms with Crippen molar-refractivity contribution in [2.75, 3.05) is 13.1 Å². The van der Waals surface area contributed by atoms with Crippen molar-refractivity contribution < 1.29 is 8.78 Å². The molecule has 0 aliphatic carbocycles. The Morgan fingerprint density at radius 2 is 1.89 bits per heavy atom. The summed E-state index contributed by atoms with van der Waals surface area (Å²) < 4.78 is 26.5. The maximum atomic E-state index is 12.9. The van der Waals surface area contributed by atoms with Crippen LogP contribution in [0.4, 0.5) is 8.78 Å². The van der Waals surface area contributed by atoms with Gasteiger partial charge < -0.3 is 10.6 Å². The van der Waals surface area contributed by atoms with Crippen LogP contribution in [0.5, 0.6) is 0 Å². The minimum Gasteiger partial charge on any atom is -0.357 e. The summed E-state index contributed by atoms with van der Waals surface area (Å²) in [5.41, 5.74) is 2.66. The summed E-state index contributed by atoms with van der Waals surface area (Å²) in [5.74, 6) is 1.39. The van der Waals surface area contributed by atoms with E-state index in [-0.39, 0.29) is 36.3 Å². The second kappa shape index (κ2) is 12.7. The van der Waals surface area contributed by atoms with Crippen LogP contribution in [0.2, 0.25) is 0 Å². The fourth-order valence-corrected chi connectivity index (χ4v) is 2.70. The third kappa shape index (κ3) is 7.73. The molecule has 2 rings (SSSR count). The first-order valence-electron chi connectivity index (χ1n) is 9.42. The predicted molar refractivity (Wildman–Crippen MR) is 121 cm³/mol. The summed E-state index contributed by atoms with van der Waals surface area (Å²) in [6.07, 6.45) is 4.56. The largest absolute Gasteiger partial charge is 0.357 e. The third-order valence-corrected chi connectivity index (χ3v) is 4.26. The SMILES string of the molecule is CCNC(=NCc1nccn1C(F)F)NCCCc1ccc(C(C)C)cc1.I. The van der Waals surface area contributed by atoms with Crippen LogP contribution in [-0.2, 0) is 13.0 Å². The van der Waals surface area contributed by atoms with E-state index in [2.05, 4.69) is 58.7 Å². The zero-order valence-corrected chi connectivity index (χ0v) is 19.0. The fourth-order valence-electron chi connectivity index (χ4n) is 2.70. The lowest BCUT2D eigenvalue weighted by atomic mass is 10.0. The molecule has 0 atom stereocenters. The molecular formula is C20H30F2IN5. The zero-order valence-electron chi connectivity index (χ0n) is 16.7. The lowest BCUT2D eigenvalue weighted by molar-refractivity contribution is 0.0671. The zero-order chi connectivity index (χ0) is 19.6. The van der Waals surface area contributed by atoms with Crippen LogP contribution in [0.1, 0.15) is 56.6 Å². The fraction of sp³-hybridized carbons (Fsp3) is 0.500. The number of benzene rings is 1. The molecule has 2 N–H and O–H groups in total. The first-order chi connectivity index (χ1) is 13.0. The molecular weight excluding hydrogens is 475 g/mol. The monoisotopic (exact) mass is 505 g/mol. The Balaban J connectivity index is 0.00000392. The molecule has 0 unspecified atom stereocenters. The minimum atomic E-state index is -2.60. The Bertz CT molecular complexity index is 714. The highest BCUT2D eigenvalue weighted by Crippen LogP contribution is 2.15. The predicted octanol–water partition coefficient (Wildman–Crippen LogP) is 4.71. The average molecular weight is 505 g/mol. The van der Waals surface area contributed by atoms with E-state index in [0.29, 0.717) is 18.4 Å². The van der Waals surface area contributed by atoms with Gasteiger partial charge in [0.05, 0.1) is 0 Å². The van der Waals surface area contributed by atoms with Crippen LogP contribution in [0.3, 0.4) is 0 Å².